The van der Waals surface area contributed by atoms with Crippen LogP contribution in [-0.2, 0) is 11.3 Å². The molecular weight excluding hydrogens is 442 g/mol. The highest BCUT2D eigenvalue weighted by Gasteiger charge is 2.30. The summed E-state index contributed by atoms with van der Waals surface area (Å²) in [7, 11) is 0. The molecule has 1 aliphatic heterocycles. The number of rotatable bonds is 6. The van der Waals surface area contributed by atoms with Crippen molar-refractivity contribution in [2.45, 2.75) is 33.2 Å². The second kappa shape index (κ2) is 9.78. The summed E-state index contributed by atoms with van der Waals surface area (Å²) in [6.07, 6.45) is 1.59. The number of amides is 2. The molecule has 2 amide bonds. The van der Waals surface area contributed by atoms with Crippen LogP contribution in [0.25, 0.3) is 22.6 Å². The number of carbonyl (C=O) groups is 2. The van der Waals surface area contributed by atoms with E-state index < -0.39 is 0 Å². The van der Waals surface area contributed by atoms with E-state index in [2.05, 4.69) is 10.3 Å². The predicted octanol–water partition coefficient (Wildman–Crippen LogP) is 5.20. The van der Waals surface area contributed by atoms with Crippen LogP contribution in [-0.4, -0.2) is 34.8 Å². The molecule has 35 heavy (non-hydrogen) atoms. The first-order valence-corrected chi connectivity index (χ1v) is 12.1. The Balaban J connectivity index is 1.18. The third-order valence-electron chi connectivity index (χ3n) is 6.84. The van der Waals surface area contributed by atoms with Gasteiger partial charge in [0.15, 0.2) is 5.58 Å². The Bertz CT molecular complexity index is 1330. The van der Waals surface area contributed by atoms with Gasteiger partial charge in [-0.3, -0.25) is 9.59 Å². The molecule has 2 aromatic carbocycles. The van der Waals surface area contributed by atoms with E-state index in [0.717, 1.165) is 35.4 Å². The van der Waals surface area contributed by atoms with Crippen LogP contribution in [0.2, 0.25) is 0 Å². The maximum atomic E-state index is 13.2. The van der Waals surface area contributed by atoms with Crippen LogP contribution in [0.5, 0.6) is 0 Å². The molecule has 0 saturated carbocycles. The van der Waals surface area contributed by atoms with Crippen LogP contribution in [0.4, 0.5) is 0 Å². The van der Waals surface area contributed by atoms with Gasteiger partial charge in [-0.1, -0.05) is 25.1 Å². The van der Waals surface area contributed by atoms with Crippen molar-refractivity contribution in [3.05, 3.63) is 77.7 Å². The Morgan fingerprint density at radius 1 is 1.06 bits per heavy atom. The molecule has 7 heteroatoms. The number of nitrogens with zero attached hydrogens (tertiary/aromatic N) is 2. The molecule has 2 aromatic heterocycles. The molecule has 7 nitrogen and oxygen atoms in total. The van der Waals surface area contributed by atoms with E-state index in [1.54, 1.807) is 12.1 Å². The third kappa shape index (κ3) is 4.99. The van der Waals surface area contributed by atoms with Crippen LogP contribution >= 0.6 is 0 Å². The molecule has 0 spiro atoms. The maximum absolute atomic E-state index is 13.2. The van der Waals surface area contributed by atoms with Crippen molar-refractivity contribution >= 4 is 22.9 Å². The highest BCUT2D eigenvalue weighted by atomic mass is 16.3. The lowest BCUT2D eigenvalue weighted by Gasteiger charge is -2.34. The number of aromatic nitrogens is 1. The van der Waals surface area contributed by atoms with E-state index in [1.807, 2.05) is 67.3 Å². The number of carbonyl (C=O) groups excluding carboxylic acids is 2. The summed E-state index contributed by atoms with van der Waals surface area (Å²) >= 11 is 0. The van der Waals surface area contributed by atoms with Gasteiger partial charge in [-0.25, -0.2) is 4.98 Å². The van der Waals surface area contributed by atoms with Gasteiger partial charge in [-0.05, 0) is 68.1 Å². The molecule has 0 radical (unpaired) electrons. The van der Waals surface area contributed by atoms with Gasteiger partial charge in [0, 0.05) is 30.1 Å². The summed E-state index contributed by atoms with van der Waals surface area (Å²) < 4.78 is 11.5. The maximum Gasteiger partial charge on any atom is 0.253 e. The van der Waals surface area contributed by atoms with Crippen molar-refractivity contribution in [3.63, 3.8) is 0 Å². The molecule has 5 rings (SSSR count). The van der Waals surface area contributed by atoms with Gasteiger partial charge >= 0.3 is 0 Å². The number of nitrogens with one attached hydrogen (secondary N) is 1. The fourth-order valence-electron chi connectivity index (χ4n) is 4.68. The number of furan rings is 1. The van der Waals surface area contributed by atoms with Crippen molar-refractivity contribution in [1.82, 2.24) is 15.2 Å². The number of benzene rings is 2. The number of hydrogen-bond acceptors (Lipinski definition) is 5. The standard InChI is InChI=1S/C28H29N3O4/c1-18-8-10-23(34-18)17-29-26(32)19(2)20-12-14-31(15-13-20)28(33)22-9-11-24-25(16-22)35-27(30-24)21-6-4-3-5-7-21/h3-11,16,19-20H,12-15,17H2,1-2H3,(H,29,32). The number of likely N-dealkylation sites (tertiary alicyclic amines) is 1. The second-order valence-corrected chi connectivity index (χ2v) is 9.22. The van der Waals surface area contributed by atoms with Crippen LogP contribution < -0.4 is 5.32 Å². The number of hydrogen-bond donors (Lipinski definition) is 1. The monoisotopic (exact) mass is 471 g/mol. The minimum absolute atomic E-state index is 0.0201. The molecule has 3 heterocycles. The highest BCUT2D eigenvalue weighted by molar-refractivity contribution is 5.97. The first-order valence-electron chi connectivity index (χ1n) is 12.1. The summed E-state index contributed by atoms with van der Waals surface area (Å²) in [5.41, 5.74) is 2.81. The van der Waals surface area contributed by atoms with Crippen molar-refractivity contribution in [3.8, 4) is 11.5 Å². The normalized spacial score (nSPS) is 15.3. The van der Waals surface area contributed by atoms with Crippen LogP contribution in [0.15, 0.2) is 69.5 Å². The molecule has 0 bridgehead atoms. The van der Waals surface area contributed by atoms with E-state index in [9.17, 15) is 9.59 Å². The summed E-state index contributed by atoms with van der Waals surface area (Å²) in [5, 5.41) is 2.97. The van der Waals surface area contributed by atoms with Gasteiger partial charge < -0.3 is 19.1 Å². The Kier molecular flexibility index (Phi) is 6.40. The van der Waals surface area contributed by atoms with Gasteiger partial charge in [0.2, 0.25) is 11.8 Å². The molecule has 0 aliphatic carbocycles. The van der Waals surface area contributed by atoms with Gasteiger partial charge in [0.1, 0.15) is 17.0 Å². The van der Waals surface area contributed by atoms with Crippen molar-refractivity contribution in [1.29, 1.82) is 0 Å². The number of fused-ring (bicyclic) bond motifs is 1. The Morgan fingerprint density at radius 2 is 1.83 bits per heavy atom. The summed E-state index contributed by atoms with van der Waals surface area (Å²) in [4.78, 5) is 32.2. The Labute approximate surface area is 204 Å². The summed E-state index contributed by atoms with van der Waals surface area (Å²) in [6, 6.07) is 18.9. The van der Waals surface area contributed by atoms with Crippen LogP contribution in [0.3, 0.4) is 0 Å². The molecule has 1 N–H and O–H groups in total. The smallest absolute Gasteiger partial charge is 0.253 e. The van der Waals surface area contributed by atoms with Gasteiger partial charge in [-0.15, -0.1) is 0 Å². The lowest BCUT2D eigenvalue weighted by molar-refractivity contribution is -0.126. The summed E-state index contributed by atoms with van der Waals surface area (Å²) in [6.45, 7) is 5.50. The van der Waals surface area contributed by atoms with Crippen molar-refractivity contribution in [2.24, 2.45) is 11.8 Å². The molecule has 1 aliphatic rings. The lowest BCUT2D eigenvalue weighted by Crippen LogP contribution is -2.42. The minimum atomic E-state index is -0.120. The predicted molar refractivity (Wildman–Crippen MR) is 133 cm³/mol. The molecule has 4 aromatic rings. The second-order valence-electron chi connectivity index (χ2n) is 9.22. The fraction of sp³-hybridized carbons (Fsp3) is 0.321. The van der Waals surface area contributed by atoms with Gasteiger partial charge in [0.25, 0.3) is 5.91 Å². The quantitative estimate of drug-likeness (QED) is 0.418. The largest absolute Gasteiger partial charge is 0.465 e. The molecule has 1 unspecified atom stereocenters. The van der Waals surface area contributed by atoms with E-state index >= 15 is 0 Å². The van der Waals surface area contributed by atoms with Crippen molar-refractivity contribution in [2.75, 3.05) is 13.1 Å². The zero-order valence-electron chi connectivity index (χ0n) is 20.0. The highest BCUT2D eigenvalue weighted by Crippen LogP contribution is 2.28. The molecule has 1 fully saturated rings. The lowest BCUT2D eigenvalue weighted by atomic mass is 9.84. The van der Waals surface area contributed by atoms with E-state index in [0.29, 0.717) is 36.7 Å². The van der Waals surface area contributed by atoms with Crippen molar-refractivity contribution < 1.29 is 18.4 Å². The topological polar surface area (TPSA) is 88.6 Å². The average molecular weight is 472 g/mol. The Morgan fingerprint density at radius 3 is 2.54 bits per heavy atom. The molecular formula is C28H29N3O4. The molecule has 1 atom stereocenters. The number of oxazole rings is 1. The van der Waals surface area contributed by atoms with E-state index in [-0.39, 0.29) is 23.7 Å². The average Bonchev–Trinajstić information content (AvgIpc) is 3.52. The third-order valence-corrected chi connectivity index (χ3v) is 6.84. The van der Waals surface area contributed by atoms with Crippen LogP contribution in [0, 0.1) is 18.8 Å². The first-order chi connectivity index (χ1) is 17.0. The Hall–Kier alpha value is -3.87. The zero-order valence-corrected chi connectivity index (χ0v) is 20.0. The zero-order chi connectivity index (χ0) is 24.4. The molecule has 180 valence electrons. The summed E-state index contributed by atoms with van der Waals surface area (Å²) in [5.74, 6) is 2.25. The van der Waals surface area contributed by atoms with Gasteiger partial charge in [0.05, 0.1) is 6.54 Å². The number of piperidine rings is 1. The van der Waals surface area contributed by atoms with E-state index in [1.165, 1.54) is 0 Å². The van der Waals surface area contributed by atoms with E-state index in [4.69, 9.17) is 8.83 Å². The van der Waals surface area contributed by atoms with Crippen LogP contribution in [0.1, 0.15) is 41.6 Å². The fourth-order valence-corrected chi connectivity index (χ4v) is 4.68. The minimum Gasteiger partial charge on any atom is -0.465 e. The molecule has 1 saturated heterocycles. The number of aryl methyl sites for hydroxylation is 1. The first kappa shape index (κ1) is 22.9. The SMILES string of the molecule is Cc1ccc(CNC(=O)C(C)C2CCN(C(=O)c3ccc4nc(-c5ccccc5)oc4c3)CC2)o1. The van der Waals surface area contributed by atoms with Gasteiger partial charge in [-0.2, -0.15) is 0 Å².